The first kappa shape index (κ1) is 13.3. The van der Waals surface area contributed by atoms with E-state index in [0.29, 0.717) is 5.56 Å². The van der Waals surface area contributed by atoms with E-state index in [9.17, 15) is 4.79 Å². The second kappa shape index (κ2) is 5.70. The van der Waals surface area contributed by atoms with Gasteiger partial charge in [-0.2, -0.15) is 0 Å². The van der Waals surface area contributed by atoms with Crippen molar-refractivity contribution in [2.75, 3.05) is 6.61 Å². The molecule has 0 unspecified atom stereocenters. The summed E-state index contributed by atoms with van der Waals surface area (Å²) in [4.78, 5) is 12.0. The van der Waals surface area contributed by atoms with Crippen LogP contribution in [-0.2, 0) is 0 Å². The molecule has 0 aromatic heterocycles. The van der Waals surface area contributed by atoms with E-state index in [0.717, 1.165) is 16.9 Å². The largest absolute Gasteiger partial charge is 0.485 e. The van der Waals surface area contributed by atoms with Crippen LogP contribution in [0.2, 0.25) is 0 Å². The maximum absolute atomic E-state index is 12.0. The SMILES string of the molecule is Cc1cccc(C(=O)COc2ccc(C)cc2C)c1. The number of rotatable bonds is 4. The van der Waals surface area contributed by atoms with Gasteiger partial charge in [0.05, 0.1) is 0 Å². The van der Waals surface area contributed by atoms with Crippen molar-refractivity contribution >= 4 is 5.78 Å². The molecule has 0 saturated heterocycles. The van der Waals surface area contributed by atoms with Crippen LogP contribution in [0.3, 0.4) is 0 Å². The van der Waals surface area contributed by atoms with Crippen LogP contribution in [0.1, 0.15) is 27.0 Å². The maximum atomic E-state index is 12.0. The summed E-state index contributed by atoms with van der Waals surface area (Å²) in [5.41, 5.74) is 4.02. The zero-order chi connectivity index (χ0) is 13.8. The van der Waals surface area contributed by atoms with Crippen LogP contribution in [0.5, 0.6) is 5.75 Å². The Balaban J connectivity index is 2.04. The fraction of sp³-hybridized carbons (Fsp3) is 0.235. The molecular formula is C17H18O2. The van der Waals surface area contributed by atoms with Crippen molar-refractivity contribution in [1.82, 2.24) is 0 Å². The molecule has 2 aromatic rings. The van der Waals surface area contributed by atoms with Crippen molar-refractivity contribution < 1.29 is 9.53 Å². The topological polar surface area (TPSA) is 26.3 Å². The zero-order valence-corrected chi connectivity index (χ0v) is 11.6. The highest BCUT2D eigenvalue weighted by Crippen LogP contribution is 2.19. The van der Waals surface area contributed by atoms with Crippen LogP contribution in [0.25, 0.3) is 0 Å². The highest BCUT2D eigenvalue weighted by molar-refractivity contribution is 5.97. The minimum absolute atomic E-state index is 0.00340. The summed E-state index contributed by atoms with van der Waals surface area (Å²) < 4.78 is 5.60. The standard InChI is InChI=1S/C17H18O2/c1-12-5-4-6-15(10-12)16(18)11-19-17-8-7-13(2)9-14(17)3/h4-10H,11H2,1-3H3. The molecule has 0 heterocycles. The van der Waals surface area contributed by atoms with E-state index < -0.39 is 0 Å². The first-order chi connectivity index (χ1) is 9.06. The maximum Gasteiger partial charge on any atom is 0.200 e. The zero-order valence-electron chi connectivity index (χ0n) is 11.6. The van der Waals surface area contributed by atoms with Gasteiger partial charge in [-0.15, -0.1) is 0 Å². The summed E-state index contributed by atoms with van der Waals surface area (Å²) in [6.45, 7) is 6.07. The molecule has 2 heteroatoms. The summed E-state index contributed by atoms with van der Waals surface area (Å²) in [5, 5.41) is 0. The van der Waals surface area contributed by atoms with Gasteiger partial charge in [-0.1, -0.05) is 41.5 Å². The number of benzene rings is 2. The van der Waals surface area contributed by atoms with E-state index in [1.165, 1.54) is 5.56 Å². The molecule has 2 rings (SSSR count). The highest BCUT2D eigenvalue weighted by atomic mass is 16.5. The van der Waals surface area contributed by atoms with Crippen molar-refractivity contribution in [3.05, 3.63) is 64.7 Å². The Kier molecular flexibility index (Phi) is 4.00. The quantitative estimate of drug-likeness (QED) is 0.774. The molecule has 0 aliphatic heterocycles. The predicted molar refractivity (Wildman–Crippen MR) is 76.9 cm³/mol. The number of Topliss-reactive ketones (excluding diaryl/α,β-unsaturated/α-hetero) is 1. The number of hydrogen-bond acceptors (Lipinski definition) is 2. The highest BCUT2D eigenvalue weighted by Gasteiger charge is 2.08. The molecule has 0 aliphatic rings. The number of aryl methyl sites for hydroxylation is 3. The summed E-state index contributed by atoms with van der Waals surface area (Å²) in [5.74, 6) is 0.773. The van der Waals surface area contributed by atoms with Crippen LogP contribution in [0, 0.1) is 20.8 Å². The molecular weight excluding hydrogens is 236 g/mol. The third-order valence-electron chi connectivity index (χ3n) is 3.03. The minimum Gasteiger partial charge on any atom is -0.485 e. The van der Waals surface area contributed by atoms with E-state index in [4.69, 9.17) is 4.74 Å². The van der Waals surface area contributed by atoms with Crippen LogP contribution in [-0.4, -0.2) is 12.4 Å². The van der Waals surface area contributed by atoms with Gasteiger partial charge in [0, 0.05) is 5.56 Å². The molecule has 0 spiro atoms. The summed E-state index contributed by atoms with van der Waals surface area (Å²) in [6, 6.07) is 13.5. The van der Waals surface area contributed by atoms with E-state index in [1.807, 2.05) is 63.2 Å². The molecule has 0 aliphatic carbocycles. The first-order valence-corrected chi connectivity index (χ1v) is 6.36. The molecule has 2 nitrogen and oxygen atoms in total. The van der Waals surface area contributed by atoms with E-state index in [2.05, 4.69) is 0 Å². The van der Waals surface area contributed by atoms with Gasteiger partial charge in [-0.3, -0.25) is 4.79 Å². The average molecular weight is 254 g/mol. The van der Waals surface area contributed by atoms with Crippen LogP contribution in [0.15, 0.2) is 42.5 Å². The third-order valence-corrected chi connectivity index (χ3v) is 3.03. The second-order valence-electron chi connectivity index (χ2n) is 4.85. The van der Waals surface area contributed by atoms with Gasteiger partial charge >= 0.3 is 0 Å². The van der Waals surface area contributed by atoms with Gasteiger partial charge in [-0.05, 0) is 38.5 Å². The lowest BCUT2D eigenvalue weighted by atomic mass is 10.1. The molecule has 0 fully saturated rings. The van der Waals surface area contributed by atoms with Gasteiger partial charge in [-0.25, -0.2) is 0 Å². The fourth-order valence-corrected chi connectivity index (χ4v) is 2.01. The number of hydrogen-bond donors (Lipinski definition) is 0. The Bertz CT molecular complexity index is 600. The lowest BCUT2D eigenvalue weighted by Gasteiger charge is -2.09. The molecule has 0 radical (unpaired) electrons. The third kappa shape index (κ3) is 3.44. The van der Waals surface area contributed by atoms with Gasteiger partial charge in [0.1, 0.15) is 5.75 Å². The normalized spacial score (nSPS) is 10.3. The van der Waals surface area contributed by atoms with Gasteiger partial charge in [0.2, 0.25) is 0 Å². The summed E-state index contributed by atoms with van der Waals surface area (Å²) in [7, 11) is 0. The Hall–Kier alpha value is -2.09. The molecule has 0 atom stereocenters. The molecule has 19 heavy (non-hydrogen) atoms. The van der Waals surface area contributed by atoms with Crippen molar-refractivity contribution in [2.45, 2.75) is 20.8 Å². The predicted octanol–water partition coefficient (Wildman–Crippen LogP) is 3.87. The van der Waals surface area contributed by atoms with Gasteiger partial charge in [0.25, 0.3) is 0 Å². The fourth-order valence-electron chi connectivity index (χ4n) is 2.01. The van der Waals surface area contributed by atoms with E-state index in [-0.39, 0.29) is 12.4 Å². The second-order valence-corrected chi connectivity index (χ2v) is 4.85. The van der Waals surface area contributed by atoms with Crippen molar-refractivity contribution in [1.29, 1.82) is 0 Å². The molecule has 0 N–H and O–H groups in total. The number of ether oxygens (including phenoxy) is 1. The van der Waals surface area contributed by atoms with Crippen LogP contribution < -0.4 is 4.74 Å². The van der Waals surface area contributed by atoms with Crippen molar-refractivity contribution in [2.24, 2.45) is 0 Å². The summed E-state index contributed by atoms with van der Waals surface area (Å²) >= 11 is 0. The van der Waals surface area contributed by atoms with Gasteiger partial charge in [0.15, 0.2) is 12.4 Å². The van der Waals surface area contributed by atoms with Crippen LogP contribution in [0.4, 0.5) is 0 Å². The van der Waals surface area contributed by atoms with Crippen molar-refractivity contribution in [3.63, 3.8) is 0 Å². The minimum atomic E-state index is 0.00340. The van der Waals surface area contributed by atoms with E-state index >= 15 is 0 Å². The molecule has 0 saturated carbocycles. The lowest BCUT2D eigenvalue weighted by Crippen LogP contribution is -2.12. The molecule has 2 aromatic carbocycles. The lowest BCUT2D eigenvalue weighted by molar-refractivity contribution is 0.0921. The Morgan fingerprint density at radius 3 is 2.42 bits per heavy atom. The van der Waals surface area contributed by atoms with Crippen molar-refractivity contribution in [3.8, 4) is 5.75 Å². The number of ketones is 1. The Morgan fingerprint density at radius 1 is 1.00 bits per heavy atom. The Morgan fingerprint density at radius 2 is 1.74 bits per heavy atom. The summed E-state index contributed by atoms with van der Waals surface area (Å²) in [6.07, 6.45) is 0. The molecule has 98 valence electrons. The molecule has 0 amide bonds. The monoisotopic (exact) mass is 254 g/mol. The van der Waals surface area contributed by atoms with Gasteiger partial charge < -0.3 is 4.74 Å². The van der Waals surface area contributed by atoms with Crippen LogP contribution >= 0.6 is 0 Å². The molecule has 0 bridgehead atoms. The smallest absolute Gasteiger partial charge is 0.200 e. The average Bonchev–Trinajstić information content (AvgIpc) is 2.37. The number of carbonyl (C=O) groups excluding carboxylic acids is 1. The van der Waals surface area contributed by atoms with E-state index in [1.54, 1.807) is 0 Å². The number of carbonyl (C=O) groups is 1. The Labute approximate surface area is 114 Å². The first-order valence-electron chi connectivity index (χ1n) is 6.36.